The summed E-state index contributed by atoms with van der Waals surface area (Å²) in [4.78, 5) is 62.2. The summed E-state index contributed by atoms with van der Waals surface area (Å²) in [6, 6.07) is 17.9. The number of amides is 1. The van der Waals surface area contributed by atoms with Gasteiger partial charge in [0.25, 0.3) is 11.1 Å². The van der Waals surface area contributed by atoms with Gasteiger partial charge < -0.3 is 9.88 Å². The number of nitrogens with zero attached hydrogens (tertiary/aromatic N) is 3. The topological polar surface area (TPSA) is 112 Å². The largest absolute Gasteiger partial charge is 0.332 e. The third kappa shape index (κ3) is 7.22. The number of benzene rings is 2. The zero-order valence-electron chi connectivity index (χ0n) is 23.4. The van der Waals surface area contributed by atoms with Crippen molar-refractivity contribution in [2.45, 2.75) is 39.8 Å². The average Bonchev–Trinajstić information content (AvgIpc) is 2.97. The second kappa shape index (κ2) is 13.1. The number of anilines is 1. The van der Waals surface area contributed by atoms with E-state index in [1.807, 2.05) is 31.2 Å². The standard InChI is InChI=1S/C32H29ClN4O5/c1-21-6-8-23(9-7-21)12-15-27(39)34-29-30(33)37(32(42)35(3)31(29)41)17-4-5-24-16-18-36(28(40)19-24)20-25-10-13-26(14-11-25)22(2)38/h6-11,13-14,16,18-19H,12,15,17,20H2,1-3H3,(H,34,39). The Hall–Kier alpha value is -4.94. The Bertz CT molecular complexity index is 1890. The summed E-state index contributed by atoms with van der Waals surface area (Å²) >= 11 is 6.40. The Labute approximate surface area is 247 Å². The van der Waals surface area contributed by atoms with E-state index in [0.717, 1.165) is 25.8 Å². The Kier molecular flexibility index (Phi) is 9.40. The van der Waals surface area contributed by atoms with E-state index in [1.165, 1.54) is 24.6 Å². The molecule has 42 heavy (non-hydrogen) atoms. The molecule has 2 aromatic carbocycles. The molecule has 0 aliphatic carbocycles. The lowest BCUT2D eigenvalue weighted by molar-refractivity contribution is -0.116. The predicted octanol–water partition coefficient (Wildman–Crippen LogP) is 3.54. The summed E-state index contributed by atoms with van der Waals surface area (Å²) in [5, 5.41) is 2.32. The zero-order valence-corrected chi connectivity index (χ0v) is 24.2. The third-order valence-electron chi connectivity index (χ3n) is 6.68. The molecular weight excluding hydrogens is 556 g/mol. The highest BCUT2D eigenvalue weighted by molar-refractivity contribution is 6.32. The number of pyridine rings is 1. The Morgan fingerprint density at radius 2 is 1.62 bits per heavy atom. The number of hydrogen-bond acceptors (Lipinski definition) is 5. The molecule has 4 rings (SSSR count). The van der Waals surface area contributed by atoms with E-state index in [-0.39, 0.29) is 35.1 Å². The van der Waals surface area contributed by atoms with Crippen molar-refractivity contribution < 1.29 is 9.59 Å². The maximum atomic E-state index is 12.7. The van der Waals surface area contributed by atoms with E-state index in [4.69, 9.17) is 11.6 Å². The van der Waals surface area contributed by atoms with Gasteiger partial charge in [-0.05, 0) is 37.5 Å². The van der Waals surface area contributed by atoms with Gasteiger partial charge in [0.1, 0.15) is 10.8 Å². The molecule has 0 bridgehead atoms. The number of rotatable bonds is 8. The highest BCUT2D eigenvalue weighted by atomic mass is 35.5. The number of hydrogen-bond donors (Lipinski definition) is 1. The van der Waals surface area contributed by atoms with Crippen molar-refractivity contribution in [1.29, 1.82) is 0 Å². The van der Waals surface area contributed by atoms with Crippen molar-refractivity contribution in [3.63, 3.8) is 0 Å². The minimum Gasteiger partial charge on any atom is -0.319 e. The van der Waals surface area contributed by atoms with Gasteiger partial charge in [-0.25, -0.2) is 4.79 Å². The van der Waals surface area contributed by atoms with Gasteiger partial charge in [0.2, 0.25) is 5.91 Å². The number of halogens is 1. The molecule has 1 N–H and O–H groups in total. The first-order valence-electron chi connectivity index (χ1n) is 13.2. The fraction of sp³-hybridized carbons (Fsp3) is 0.219. The van der Waals surface area contributed by atoms with Gasteiger partial charge in [0.05, 0.1) is 13.1 Å². The number of nitrogens with one attached hydrogen (secondary N) is 1. The molecule has 0 spiro atoms. The highest BCUT2D eigenvalue weighted by Crippen LogP contribution is 2.16. The van der Waals surface area contributed by atoms with E-state index >= 15 is 0 Å². The number of Topliss-reactive ketones (excluding diaryl/α,β-unsaturated/α-hetero) is 1. The summed E-state index contributed by atoms with van der Waals surface area (Å²) in [5.41, 5.74) is 2.10. The van der Waals surface area contributed by atoms with Crippen LogP contribution in [-0.4, -0.2) is 25.4 Å². The second-order valence-corrected chi connectivity index (χ2v) is 10.2. The van der Waals surface area contributed by atoms with Crippen molar-refractivity contribution in [3.8, 4) is 11.8 Å². The first kappa shape index (κ1) is 30.0. The summed E-state index contributed by atoms with van der Waals surface area (Å²) in [6.07, 6.45) is 2.21. The predicted molar refractivity (Wildman–Crippen MR) is 162 cm³/mol. The maximum absolute atomic E-state index is 12.7. The van der Waals surface area contributed by atoms with Crippen molar-refractivity contribution in [2.75, 3.05) is 5.32 Å². The fourth-order valence-corrected chi connectivity index (χ4v) is 4.44. The quantitative estimate of drug-likeness (QED) is 0.193. The van der Waals surface area contributed by atoms with Crippen LogP contribution in [0, 0.1) is 18.8 Å². The van der Waals surface area contributed by atoms with E-state index in [1.54, 1.807) is 36.5 Å². The van der Waals surface area contributed by atoms with Gasteiger partial charge in [-0.2, -0.15) is 0 Å². The van der Waals surface area contributed by atoms with Crippen molar-refractivity contribution in [2.24, 2.45) is 7.05 Å². The minimum atomic E-state index is -0.725. The fourth-order valence-electron chi connectivity index (χ4n) is 4.18. The van der Waals surface area contributed by atoms with E-state index in [9.17, 15) is 24.0 Å². The van der Waals surface area contributed by atoms with Gasteiger partial charge in [-0.1, -0.05) is 77.5 Å². The van der Waals surface area contributed by atoms with Crippen LogP contribution < -0.4 is 22.1 Å². The first-order chi connectivity index (χ1) is 20.0. The molecule has 0 aliphatic heterocycles. The van der Waals surface area contributed by atoms with Gasteiger partial charge in [-0.15, -0.1) is 0 Å². The molecule has 10 heteroatoms. The normalized spacial score (nSPS) is 10.6. The van der Waals surface area contributed by atoms with Crippen LogP contribution in [0.5, 0.6) is 0 Å². The average molecular weight is 585 g/mol. The molecule has 0 saturated heterocycles. The van der Waals surface area contributed by atoms with Gasteiger partial charge in [0, 0.05) is 36.9 Å². The molecule has 0 atom stereocenters. The van der Waals surface area contributed by atoms with Crippen LogP contribution in [0.3, 0.4) is 0 Å². The van der Waals surface area contributed by atoms with E-state index in [0.29, 0.717) is 24.1 Å². The van der Waals surface area contributed by atoms with Crippen LogP contribution in [0.15, 0.2) is 81.2 Å². The number of carbonyl (C=O) groups excluding carboxylic acids is 2. The smallest absolute Gasteiger partial charge is 0.319 e. The molecule has 0 aliphatic rings. The van der Waals surface area contributed by atoms with Crippen molar-refractivity contribution >= 4 is 29.0 Å². The molecule has 0 fully saturated rings. The monoisotopic (exact) mass is 584 g/mol. The van der Waals surface area contributed by atoms with Crippen LogP contribution >= 0.6 is 11.6 Å². The van der Waals surface area contributed by atoms with Crippen LogP contribution in [0.4, 0.5) is 5.69 Å². The lowest BCUT2D eigenvalue weighted by Crippen LogP contribution is -2.40. The summed E-state index contributed by atoms with van der Waals surface area (Å²) in [7, 11) is 1.29. The molecule has 9 nitrogen and oxygen atoms in total. The van der Waals surface area contributed by atoms with E-state index < -0.39 is 17.2 Å². The van der Waals surface area contributed by atoms with Gasteiger partial charge >= 0.3 is 5.69 Å². The first-order valence-corrected chi connectivity index (χ1v) is 13.5. The number of aryl methyl sites for hydroxylation is 2. The van der Waals surface area contributed by atoms with Gasteiger partial charge in [-0.3, -0.25) is 28.3 Å². The SMILES string of the molecule is CC(=O)c1ccc(Cn2ccc(C#CCn3c(Cl)c(NC(=O)CCc4ccc(C)cc4)c(=O)n(C)c3=O)cc2=O)cc1. The Balaban J connectivity index is 1.47. The molecule has 0 saturated carbocycles. The third-order valence-corrected chi connectivity index (χ3v) is 7.08. The zero-order chi connectivity index (χ0) is 30.4. The molecule has 0 radical (unpaired) electrons. The number of carbonyl (C=O) groups is 2. The Morgan fingerprint density at radius 3 is 2.26 bits per heavy atom. The van der Waals surface area contributed by atoms with Crippen molar-refractivity contribution in [3.05, 3.63) is 131 Å². The lowest BCUT2D eigenvalue weighted by atomic mass is 10.1. The van der Waals surface area contributed by atoms with E-state index in [2.05, 4.69) is 17.2 Å². The van der Waals surface area contributed by atoms with Crippen LogP contribution in [0.2, 0.25) is 5.15 Å². The van der Waals surface area contributed by atoms with Crippen molar-refractivity contribution in [1.82, 2.24) is 13.7 Å². The number of ketones is 1. The van der Waals surface area contributed by atoms with Crippen LogP contribution in [-0.2, 0) is 31.4 Å². The molecule has 2 heterocycles. The molecule has 214 valence electrons. The molecule has 2 aromatic heterocycles. The molecular formula is C32H29ClN4O5. The van der Waals surface area contributed by atoms with Gasteiger partial charge in [0.15, 0.2) is 5.78 Å². The maximum Gasteiger partial charge on any atom is 0.332 e. The second-order valence-electron chi connectivity index (χ2n) is 9.87. The summed E-state index contributed by atoms with van der Waals surface area (Å²) in [6.45, 7) is 3.62. The summed E-state index contributed by atoms with van der Waals surface area (Å²) in [5.74, 6) is 5.21. The van der Waals surface area contributed by atoms with Crippen LogP contribution in [0.1, 0.15) is 46.0 Å². The number of aromatic nitrogens is 3. The molecule has 1 amide bonds. The Morgan fingerprint density at radius 1 is 0.952 bits per heavy atom. The summed E-state index contributed by atoms with van der Waals surface area (Å²) < 4.78 is 3.45. The highest BCUT2D eigenvalue weighted by Gasteiger charge is 2.18. The van der Waals surface area contributed by atoms with Crippen LogP contribution in [0.25, 0.3) is 0 Å². The molecule has 0 unspecified atom stereocenters. The minimum absolute atomic E-state index is 0.0298. The molecule has 4 aromatic rings. The lowest BCUT2D eigenvalue weighted by Gasteiger charge is -2.13.